The van der Waals surface area contributed by atoms with Crippen LogP contribution >= 0.6 is 11.8 Å². The molecule has 1 aromatic rings. The van der Waals surface area contributed by atoms with Gasteiger partial charge in [-0.25, -0.2) is 4.39 Å². The van der Waals surface area contributed by atoms with Crippen LogP contribution in [0.1, 0.15) is 16.8 Å². The van der Waals surface area contributed by atoms with E-state index in [2.05, 4.69) is 5.32 Å². The molecule has 2 nitrogen and oxygen atoms in total. The van der Waals surface area contributed by atoms with Crippen LogP contribution in [0.25, 0.3) is 0 Å². The van der Waals surface area contributed by atoms with Crippen molar-refractivity contribution in [1.29, 1.82) is 0 Å². The fraction of sp³-hybridized carbons (Fsp3) is 0.364. The molecule has 0 aliphatic carbocycles. The summed E-state index contributed by atoms with van der Waals surface area (Å²) in [6.45, 7) is 0.664. The molecule has 0 radical (unpaired) electrons. The zero-order chi connectivity index (χ0) is 11.1. The number of thioether (sulfide) groups is 1. The first-order valence-corrected chi connectivity index (χ1v) is 6.16. The van der Waals surface area contributed by atoms with Gasteiger partial charge in [-0.15, -0.1) is 0 Å². The summed E-state index contributed by atoms with van der Waals surface area (Å²) >= 11 is 1.75. The van der Waals surface area contributed by atoms with Crippen molar-refractivity contribution >= 4 is 17.7 Å². The van der Waals surface area contributed by atoms with Crippen molar-refractivity contribution in [2.45, 2.75) is 6.42 Å². The lowest BCUT2D eigenvalue weighted by Crippen LogP contribution is -2.24. The number of halogens is 1. The van der Waals surface area contributed by atoms with E-state index in [9.17, 15) is 9.18 Å². The van der Waals surface area contributed by atoms with Gasteiger partial charge in [0.2, 0.25) is 0 Å². The second kappa shape index (κ2) is 6.45. The average molecular weight is 227 g/mol. The summed E-state index contributed by atoms with van der Waals surface area (Å²) in [5, 5.41) is 2.78. The number of hydrogen-bond acceptors (Lipinski definition) is 2. The van der Waals surface area contributed by atoms with Gasteiger partial charge in [0, 0.05) is 12.1 Å². The maximum Gasteiger partial charge on any atom is 0.251 e. The van der Waals surface area contributed by atoms with E-state index in [0.717, 1.165) is 12.2 Å². The topological polar surface area (TPSA) is 29.1 Å². The highest BCUT2D eigenvalue weighted by molar-refractivity contribution is 7.98. The van der Waals surface area contributed by atoms with Gasteiger partial charge < -0.3 is 5.32 Å². The highest BCUT2D eigenvalue weighted by Gasteiger charge is 2.03. The molecule has 0 atom stereocenters. The lowest BCUT2D eigenvalue weighted by molar-refractivity contribution is 0.0954. The molecule has 0 fully saturated rings. The summed E-state index contributed by atoms with van der Waals surface area (Å²) in [7, 11) is 0. The molecule has 1 aromatic carbocycles. The van der Waals surface area contributed by atoms with Crippen molar-refractivity contribution in [3.8, 4) is 0 Å². The molecule has 82 valence electrons. The number of hydrogen-bond donors (Lipinski definition) is 1. The van der Waals surface area contributed by atoms with Gasteiger partial charge >= 0.3 is 0 Å². The van der Waals surface area contributed by atoms with E-state index in [0.29, 0.717) is 12.1 Å². The van der Waals surface area contributed by atoms with E-state index in [1.807, 2.05) is 6.26 Å². The van der Waals surface area contributed by atoms with E-state index in [-0.39, 0.29) is 11.7 Å². The fourth-order valence-electron chi connectivity index (χ4n) is 1.12. The van der Waals surface area contributed by atoms with E-state index in [1.165, 1.54) is 24.3 Å². The molecule has 4 heteroatoms. The van der Waals surface area contributed by atoms with E-state index in [1.54, 1.807) is 11.8 Å². The number of nitrogens with one attached hydrogen (secondary N) is 1. The van der Waals surface area contributed by atoms with Crippen LogP contribution < -0.4 is 5.32 Å². The average Bonchev–Trinajstić information content (AvgIpc) is 2.25. The van der Waals surface area contributed by atoms with Gasteiger partial charge in [0.1, 0.15) is 5.82 Å². The second-order valence-corrected chi connectivity index (χ2v) is 4.09. The van der Waals surface area contributed by atoms with Crippen LogP contribution in [0.2, 0.25) is 0 Å². The van der Waals surface area contributed by atoms with Crippen molar-refractivity contribution in [2.75, 3.05) is 18.6 Å². The number of carbonyl (C=O) groups is 1. The lowest BCUT2D eigenvalue weighted by Gasteiger charge is -2.04. The Morgan fingerprint density at radius 3 is 2.67 bits per heavy atom. The van der Waals surface area contributed by atoms with E-state index < -0.39 is 0 Å². The van der Waals surface area contributed by atoms with Crippen LogP contribution in [0.3, 0.4) is 0 Å². The first-order chi connectivity index (χ1) is 7.24. The molecule has 0 saturated carbocycles. The zero-order valence-electron chi connectivity index (χ0n) is 8.63. The second-order valence-electron chi connectivity index (χ2n) is 3.11. The maximum absolute atomic E-state index is 12.6. The van der Waals surface area contributed by atoms with Gasteiger partial charge in [-0.3, -0.25) is 4.79 Å². The van der Waals surface area contributed by atoms with Gasteiger partial charge in [0.25, 0.3) is 5.91 Å². The molecule has 0 saturated heterocycles. The summed E-state index contributed by atoms with van der Waals surface area (Å²) in [6.07, 6.45) is 2.98. The minimum absolute atomic E-state index is 0.142. The summed E-state index contributed by atoms with van der Waals surface area (Å²) in [6, 6.07) is 5.55. The van der Waals surface area contributed by atoms with Crippen molar-refractivity contribution in [3.63, 3.8) is 0 Å². The predicted octanol–water partition coefficient (Wildman–Crippen LogP) is 2.31. The monoisotopic (exact) mass is 227 g/mol. The quantitative estimate of drug-likeness (QED) is 0.782. The summed E-state index contributed by atoms with van der Waals surface area (Å²) < 4.78 is 12.6. The molecule has 15 heavy (non-hydrogen) atoms. The molecule has 0 aromatic heterocycles. The van der Waals surface area contributed by atoms with E-state index in [4.69, 9.17) is 0 Å². The standard InChI is InChI=1S/C11H14FNOS/c1-15-8-2-7-13-11(14)9-3-5-10(12)6-4-9/h3-6H,2,7-8H2,1H3,(H,13,14). The Kier molecular flexibility index (Phi) is 5.18. The van der Waals surface area contributed by atoms with Crippen molar-refractivity contribution in [3.05, 3.63) is 35.6 Å². The summed E-state index contributed by atoms with van der Waals surface area (Å²) in [5.41, 5.74) is 0.501. The highest BCUT2D eigenvalue weighted by Crippen LogP contribution is 2.02. The van der Waals surface area contributed by atoms with Crippen LogP contribution in [0.15, 0.2) is 24.3 Å². The molecule has 0 spiro atoms. The Morgan fingerprint density at radius 1 is 1.40 bits per heavy atom. The highest BCUT2D eigenvalue weighted by atomic mass is 32.2. The molecule has 1 amide bonds. The van der Waals surface area contributed by atoms with Gasteiger partial charge in [-0.2, -0.15) is 11.8 Å². The van der Waals surface area contributed by atoms with Crippen molar-refractivity contribution in [2.24, 2.45) is 0 Å². The Labute approximate surface area is 93.3 Å². The Hall–Kier alpha value is -1.03. The van der Waals surface area contributed by atoms with Crippen LogP contribution in [-0.4, -0.2) is 24.5 Å². The van der Waals surface area contributed by atoms with Gasteiger partial charge in [-0.05, 0) is 42.7 Å². The molecule has 1 rings (SSSR count). The van der Waals surface area contributed by atoms with Crippen LogP contribution in [0.4, 0.5) is 4.39 Å². The van der Waals surface area contributed by atoms with Crippen molar-refractivity contribution in [1.82, 2.24) is 5.32 Å². The minimum atomic E-state index is -0.325. The molecule has 0 bridgehead atoms. The predicted molar refractivity (Wildman–Crippen MR) is 61.7 cm³/mol. The van der Waals surface area contributed by atoms with Gasteiger partial charge in [0.15, 0.2) is 0 Å². The largest absolute Gasteiger partial charge is 0.352 e. The third-order valence-electron chi connectivity index (χ3n) is 1.92. The Bertz CT molecular complexity index is 313. The normalized spacial score (nSPS) is 10.0. The fourth-order valence-corrected chi connectivity index (χ4v) is 1.55. The molecule has 0 unspecified atom stereocenters. The van der Waals surface area contributed by atoms with Crippen LogP contribution in [-0.2, 0) is 0 Å². The number of benzene rings is 1. The number of rotatable bonds is 5. The third kappa shape index (κ3) is 4.34. The lowest BCUT2D eigenvalue weighted by atomic mass is 10.2. The molecule has 0 heterocycles. The van der Waals surface area contributed by atoms with Gasteiger partial charge in [-0.1, -0.05) is 0 Å². The first kappa shape index (κ1) is 12.0. The number of carbonyl (C=O) groups excluding carboxylic acids is 1. The Balaban J connectivity index is 2.37. The first-order valence-electron chi connectivity index (χ1n) is 4.76. The SMILES string of the molecule is CSCCCNC(=O)c1ccc(F)cc1. The molecule has 0 aliphatic rings. The third-order valence-corrected chi connectivity index (χ3v) is 2.61. The zero-order valence-corrected chi connectivity index (χ0v) is 9.44. The van der Waals surface area contributed by atoms with Crippen LogP contribution in [0, 0.1) is 5.82 Å². The van der Waals surface area contributed by atoms with Crippen LogP contribution in [0.5, 0.6) is 0 Å². The molecule has 1 N–H and O–H groups in total. The van der Waals surface area contributed by atoms with E-state index >= 15 is 0 Å². The Morgan fingerprint density at radius 2 is 2.07 bits per heavy atom. The smallest absolute Gasteiger partial charge is 0.251 e. The maximum atomic E-state index is 12.6. The van der Waals surface area contributed by atoms with Gasteiger partial charge in [0.05, 0.1) is 0 Å². The molecular formula is C11H14FNOS. The molecular weight excluding hydrogens is 213 g/mol. The summed E-state index contributed by atoms with van der Waals surface area (Å²) in [4.78, 5) is 11.5. The van der Waals surface area contributed by atoms with Crippen molar-refractivity contribution < 1.29 is 9.18 Å². The summed E-state index contributed by atoms with van der Waals surface area (Å²) in [5.74, 6) is 0.564. The molecule has 0 aliphatic heterocycles. The number of amides is 1. The minimum Gasteiger partial charge on any atom is -0.352 e.